The molecule has 4 heteroatoms. The molecule has 22 heavy (non-hydrogen) atoms. The molecule has 1 aromatic carbocycles. The van der Waals surface area contributed by atoms with Crippen LogP contribution in [0.5, 0.6) is 5.75 Å². The van der Waals surface area contributed by atoms with Crippen molar-refractivity contribution in [1.82, 2.24) is 0 Å². The summed E-state index contributed by atoms with van der Waals surface area (Å²) in [5, 5.41) is 8.94. The predicted molar refractivity (Wildman–Crippen MR) is 93.4 cm³/mol. The number of benzene rings is 1. The molecule has 124 valence electrons. The Hall–Kier alpha value is -0.995. The molecule has 1 heterocycles. The third kappa shape index (κ3) is 4.75. The van der Waals surface area contributed by atoms with Crippen molar-refractivity contribution < 1.29 is 14.4 Å². The highest BCUT2D eigenvalue weighted by Gasteiger charge is 2.51. The Kier molecular flexibility index (Phi) is 6.11. The Morgan fingerprint density at radius 2 is 1.27 bits per heavy atom. The van der Waals surface area contributed by atoms with Gasteiger partial charge in [-0.05, 0) is 57.1 Å². The lowest BCUT2D eigenvalue weighted by Gasteiger charge is -2.32. The van der Waals surface area contributed by atoms with Crippen molar-refractivity contribution in [3.63, 3.8) is 0 Å². The first kappa shape index (κ1) is 19.1. The topological polar surface area (TPSA) is 38.7 Å². The van der Waals surface area contributed by atoms with Gasteiger partial charge in [-0.3, -0.25) is 0 Å². The standard InChI is InChI=1S/C9H19BO2.C9H12O/c1-7(2)10-11-8(3,4)9(5,6)12-10;1-7(2)8-3-5-9(10)6-4-8/h7H,1-6H3;3-7,10H,1-2H3. The van der Waals surface area contributed by atoms with E-state index in [4.69, 9.17) is 14.4 Å². The molecule has 1 saturated heterocycles. The molecule has 1 aliphatic rings. The molecule has 0 saturated carbocycles. The van der Waals surface area contributed by atoms with Crippen LogP contribution in [0.2, 0.25) is 5.82 Å². The molecule has 0 aliphatic carbocycles. The molecule has 0 amide bonds. The quantitative estimate of drug-likeness (QED) is 0.781. The van der Waals surface area contributed by atoms with Gasteiger partial charge in [0.2, 0.25) is 0 Å². The second kappa shape index (κ2) is 7.05. The van der Waals surface area contributed by atoms with Crippen LogP contribution in [0.15, 0.2) is 24.3 Å². The van der Waals surface area contributed by atoms with Crippen LogP contribution in [0.4, 0.5) is 0 Å². The van der Waals surface area contributed by atoms with Gasteiger partial charge in [0.05, 0.1) is 11.2 Å². The zero-order valence-electron chi connectivity index (χ0n) is 15.3. The molecule has 2 rings (SSSR count). The fourth-order valence-electron chi connectivity index (χ4n) is 2.02. The third-order valence-corrected chi connectivity index (χ3v) is 4.38. The van der Waals surface area contributed by atoms with Gasteiger partial charge in [0.25, 0.3) is 0 Å². The molecule has 1 aliphatic heterocycles. The van der Waals surface area contributed by atoms with Crippen LogP contribution in [-0.2, 0) is 9.31 Å². The van der Waals surface area contributed by atoms with Crippen LogP contribution in [-0.4, -0.2) is 23.4 Å². The van der Waals surface area contributed by atoms with Gasteiger partial charge in [-0.2, -0.15) is 0 Å². The van der Waals surface area contributed by atoms with Crippen LogP contribution in [0.1, 0.15) is 66.9 Å². The summed E-state index contributed by atoms with van der Waals surface area (Å²) in [5.74, 6) is 1.30. The lowest BCUT2D eigenvalue weighted by molar-refractivity contribution is 0.00578. The van der Waals surface area contributed by atoms with Crippen molar-refractivity contribution in [2.24, 2.45) is 0 Å². The van der Waals surface area contributed by atoms with Crippen molar-refractivity contribution >= 4 is 7.12 Å². The van der Waals surface area contributed by atoms with E-state index in [1.165, 1.54) is 5.56 Å². The molecule has 0 unspecified atom stereocenters. The van der Waals surface area contributed by atoms with Crippen LogP contribution in [0.25, 0.3) is 0 Å². The van der Waals surface area contributed by atoms with Crippen molar-refractivity contribution in [1.29, 1.82) is 0 Å². The number of aromatic hydroxyl groups is 1. The fraction of sp³-hybridized carbons (Fsp3) is 0.667. The van der Waals surface area contributed by atoms with Gasteiger partial charge in [0.1, 0.15) is 5.75 Å². The summed E-state index contributed by atoms with van der Waals surface area (Å²) in [7, 11) is -0.0463. The second-order valence-corrected chi connectivity index (χ2v) is 7.61. The van der Waals surface area contributed by atoms with E-state index >= 15 is 0 Å². The first-order valence-electron chi connectivity index (χ1n) is 8.11. The first-order chi connectivity index (χ1) is 9.96. The maximum atomic E-state index is 8.94. The predicted octanol–water partition coefficient (Wildman–Crippen LogP) is 5.00. The molecule has 0 spiro atoms. The van der Waals surface area contributed by atoms with E-state index in [1.54, 1.807) is 12.1 Å². The summed E-state index contributed by atoms with van der Waals surface area (Å²) in [4.78, 5) is 0. The maximum Gasteiger partial charge on any atom is 0.460 e. The Balaban J connectivity index is 0.000000224. The molecular weight excluding hydrogens is 275 g/mol. The zero-order valence-corrected chi connectivity index (χ0v) is 15.3. The summed E-state index contributed by atoms with van der Waals surface area (Å²) in [5.41, 5.74) is 0.905. The Labute approximate surface area is 136 Å². The molecule has 1 N–H and O–H groups in total. The minimum absolute atomic E-state index is 0.0463. The maximum absolute atomic E-state index is 8.94. The summed E-state index contributed by atoms with van der Waals surface area (Å²) in [6, 6.07) is 7.32. The monoisotopic (exact) mass is 306 g/mol. The highest BCUT2D eigenvalue weighted by molar-refractivity contribution is 6.47. The van der Waals surface area contributed by atoms with Crippen LogP contribution < -0.4 is 0 Å². The van der Waals surface area contributed by atoms with Crippen LogP contribution in [0, 0.1) is 0 Å². The second-order valence-electron chi connectivity index (χ2n) is 7.61. The van der Waals surface area contributed by atoms with Gasteiger partial charge < -0.3 is 14.4 Å². The van der Waals surface area contributed by atoms with E-state index in [0.29, 0.717) is 17.5 Å². The Morgan fingerprint density at radius 1 is 0.864 bits per heavy atom. The summed E-state index contributed by atoms with van der Waals surface area (Å²) in [6.07, 6.45) is 0. The van der Waals surface area contributed by atoms with Gasteiger partial charge in [0.15, 0.2) is 0 Å². The van der Waals surface area contributed by atoms with Crippen molar-refractivity contribution in [3.8, 4) is 5.75 Å². The number of hydrogen-bond acceptors (Lipinski definition) is 3. The number of phenols is 1. The highest BCUT2D eigenvalue weighted by Crippen LogP contribution is 2.39. The molecule has 1 aromatic rings. The SMILES string of the molecule is CC(C)B1OC(C)(C)C(C)(C)O1.CC(C)c1ccc(O)cc1. The van der Waals surface area contributed by atoms with Crippen molar-refractivity contribution in [2.45, 2.75) is 78.3 Å². The average molecular weight is 306 g/mol. The molecular formula is C18H31BO3. The summed E-state index contributed by atoms with van der Waals surface area (Å²) < 4.78 is 11.6. The third-order valence-electron chi connectivity index (χ3n) is 4.38. The normalized spacial score (nSPS) is 19.3. The Morgan fingerprint density at radius 3 is 1.55 bits per heavy atom. The highest BCUT2D eigenvalue weighted by atomic mass is 16.7. The average Bonchev–Trinajstić information content (AvgIpc) is 2.60. The fourth-order valence-corrected chi connectivity index (χ4v) is 2.02. The van der Waals surface area contributed by atoms with E-state index < -0.39 is 0 Å². The number of hydrogen-bond donors (Lipinski definition) is 1. The van der Waals surface area contributed by atoms with Crippen molar-refractivity contribution in [3.05, 3.63) is 29.8 Å². The van der Waals surface area contributed by atoms with Gasteiger partial charge in [-0.25, -0.2) is 0 Å². The lowest BCUT2D eigenvalue weighted by atomic mass is 9.75. The number of phenolic OH excluding ortho intramolecular Hbond substituents is 1. The minimum atomic E-state index is -0.179. The minimum Gasteiger partial charge on any atom is -0.508 e. The zero-order chi connectivity index (χ0) is 17.1. The first-order valence-corrected chi connectivity index (χ1v) is 8.11. The molecule has 0 radical (unpaired) electrons. The summed E-state index contributed by atoms with van der Waals surface area (Å²) in [6.45, 7) is 16.8. The van der Waals surface area contributed by atoms with Crippen molar-refractivity contribution in [2.75, 3.05) is 0 Å². The van der Waals surface area contributed by atoms with E-state index in [0.717, 1.165) is 0 Å². The van der Waals surface area contributed by atoms with E-state index in [2.05, 4.69) is 55.4 Å². The molecule has 0 atom stereocenters. The largest absolute Gasteiger partial charge is 0.508 e. The molecule has 0 bridgehead atoms. The summed E-state index contributed by atoms with van der Waals surface area (Å²) >= 11 is 0. The van der Waals surface area contributed by atoms with Gasteiger partial charge in [-0.15, -0.1) is 0 Å². The van der Waals surface area contributed by atoms with Crippen LogP contribution >= 0.6 is 0 Å². The van der Waals surface area contributed by atoms with Gasteiger partial charge in [-0.1, -0.05) is 39.8 Å². The van der Waals surface area contributed by atoms with Gasteiger partial charge in [0, 0.05) is 0 Å². The van der Waals surface area contributed by atoms with Crippen LogP contribution in [0.3, 0.4) is 0 Å². The molecule has 1 fully saturated rings. The lowest BCUT2D eigenvalue weighted by Crippen LogP contribution is -2.41. The Bertz CT molecular complexity index is 448. The van der Waals surface area contributed by atoms with E-state index in [-0.39, 0.29) is 18.3 Å². The van der Waals surface area contributed by atoms with Gasteiger partial charge >= 0.3 is 7.12 Å². The molecule has 0 aromatic heterocycles. The van der Waals surface area contributed by atoms with E-state index in [9.17, 15) is 0 Å². The smallest absolute Gasteiger partial charge is 0.460 e. The molecule has 3 nitrogen and oxygen atoms in total. The number of rotatable bonds is 2. The van der Waals surface area contributed by atoms with E-state index in [1.807, 2.05) is 12.1 Å².